The minimum absolute atomic E-state index is 0.0157. The predicted molar refractivity (Wildman–Crippen MR) is 99.9 cm³/mol. The Labute approximate surface area is 160 Å². The summed E-state index contributed by atoms with van der Waals surface area (Å²) in [7, 11) is -3.75. The van der Waals surface area contributed by atoms with Gasteiger partial charge in [0.2, 0.25) is 10.0 Å². The number of aliphatic carboxylic acids is 1. The minimum Gasteiger partial charge on any atom is -0.481 e. The SMILES string of the molecule is CC1CC(C(=O)O)CN(C(=O)c2ccccc2S(=O)(=O)N2CCCCC2)C1. The first-order valence-corrected chi connectivity index (χ1v) is 10.9. The summed E-state index contributed by atoms with van der Waals surface area (Å²) in [5.41, 5.74) is 0.126. The van der Waals surface area contributed by atoms with Crippen LogP contribution in [0.1, 0.15) is 43.0 Å². The number of nitrogens with zero attached hydrogens (tertiary/aromatic N) is 2. The second kappa shape index (κ2) is 7.98. The van der Waals surface area contributed by atoms with E-state index in [-0.39, 0.29) is 22.9 Å². The van der Waals surface area contributed by atoms with Gasteiger partial charge < -0.3 is 10.0 Å². The van der Waals surface area contributed by atoms with E-state index in [2.05, 4.69) is 0 Å². The Kier molecular flexibility index (Phi) is 5.86. The molecule has 3 rings (SSSR count). The molecule has 0 saturated carbocycles. The number of hydrogen-bond donors (Lipinski definition) is 1. The van der Waals surface area contributed by atoms with Crippen LogP contribution in [0.2, 0.25) is 0 Å². The molecule has 2 fully saturated rings. The highest BCUT2D eigenvalue weighted by Gasteiger charge is 2.35. The highest BCUT2D eigenvalue weighted by molar-refractivity contribution is 7.89. The van der Waals surface area contributed by atoms with Gasteiger partial charge in [0.15, 0.2) is 0 Å². The van der Waals surface area contributed by atoms with Crippen LogP contribution in [0.5, 0.6) is 0 Å². The maximum atomic E-state index is 13.1. The molecule has 2 unspecified atom stereocenters. The zero-order valence-corrected chi connectivity index (χ0v) is 16.3. The maximum Gasteiger partial charge on any atom is 0.308 e. The summed E-state index contributed by atoms with van der Waals surface area (Å²) in [6.45, 7) is 3.38. The molecule has 2 saturated heterocycles. The summed E-state index contributed by atoms with van der Waals surface area (Å²) in [5, 5.41) is 9.34. The summed E-state index contributed by atoms with van der Waals surface area (Å²) in [4.78, 5) is 26.0. The van der Waals surface area contributed by atoms with Crippen LogP contribution in [0.25, 0.3) is 0 Å². The molecule has 27 heavy (non-hydrogen) atoms. The molecule has 1 N–H and O–H groups in total. The largest absolute Gasteiger partial charge is 0.481 e. The molecule has 0 aromatic heterocycles. The molecular weight excluding hydrogens is 368 g/mol. The number of carbonyl (C=O) groups is 2. The van der Waals surface area contributed by atoms with Crippen LogP contribution in [-0.4, -0.2) is 60.8 Å². The molecule has 148 valence electrons. The van der Waals surface area contributed by atoms with Crippen LogP contribution in [0.3, 0.4) is 0 Å². The molecular formula is C19H26N2O5S. The van der Waals surface area contributed by atoms with Gasteiger partial charge in [0, 0.05) is 26.2 Å². The van der Waals surface area contributed by atoms with Crippen molar-refractivity contribution in [1.29, 1.82) is 0 Å². The quantitative estimate of drug-likeness (QED) is 0.843. The molecule has 0 radical (unpaired) electrons. The van der Waals surface area contributed by atoms with Gasteiger partial charge in [0.1, 0.15) is 0 Å². The standard InChI is InChI=1S/C19H26N2O5S/c1-14-11-15(19(23)24)13-20(12-14)18(22)16-7-3-4-8-17(16)27(25,26)21-9-5-2-6-10-21/h3-4,7-8,14-15H,2,5-6,9-13H2,1H3,(H,23,24). The minimum atomic E-state index is -3.75. The van der Waals surface area contributed by atoms with Crippen LogP contribution < -0.4 is 0 Å². The highest BCUT2D eigenvalue weighted by atomic mass is 32.2. The number of benzene rings is 1. The van der Waals surface area contributed by atoms with Crippen LogP contribution in [0.4, 0.5) is 0 Å². The van der Waals surface area contributed by atoms with Crippen molar-refractivity contribution in [1.82, 2.24) is 9.21 Å². The van der Waals surface area contributed by atoms with Crippen LogP contribution in [0, 0.1) is 11.8 Å². The third-order valence-corrected chi connectivity index (χ3v) is 7.30. The normalized spacial score (nSPS) is 24.6. The Balaban J connectivity index is 1.91. The number of carboxylic acids is 1. The van der Waals surface area contributed by atoms with Gasteiger partial charge in [-0.15, -0.1) is 0 Å². The Hall–Kier alpha value is -1.93. The lowest BCUT2D eigenvalue weighted by molar-refractivity contribution is -0.143. The van der Waals surface area contributed by atoms with Crippen molar-refractivity contribution >= 4 is 21.9 Å². The lowest BCUT2D eigenvalue weighted by Crippen LogP contribution is -2.46. The summed E-state index contributed by atoms with van der Waals surface area (Å²) in [6, 6.07) is 6.25. The fourth-order valence-electron chi connectivity index (χ4n) is 3.98. The van der Waals surface area contributed by atoms with Crippen molar-refractivity contribution in [3.63, 3.8) is 0 Å². The molecule has 0 aliphatic carbocycles. The summed E-state index contributed by atoms with van der Waals surface area (Å²) in [6.07, 6.45) is 3.17. The summed E-state index contributed by atoms with van der Waals surface area (Å²) in [5.74, 6) is -1.91. The highest BCUT2D eigenvalue weighted by Crippen LogP contribution is 2.27. The van der Waals surface area contributed by atoms with Crippen molar-refractivity contribution in [2.24, 2.45) is 11.8 Å². The van der Waals surface area contributed by atoms with Gasteiger partial charge in [-0.05, 0) is 37.3 Å². The van der Waals surface area contributed by atoms with E-state index in [0.29, 0.717) is 26.1 Å². The number of carboxylic acid groups (broad SMARTS) is 1. The number of carbonyl (C=O) groups excluding carboxylic acids is 1. The number of rotatable bonds is 4. The van der Waals surface area contributed by atoms with E-state index in [0.717, 1.165) is 19.3 Å². The van der Waals surface area contributed by atoms with E-state index in [1.54, 1.807) is 12.1 Å². The van der Waals surface area contributed by atoms with Crippen LogP contribution in [-0.2, 0) is 14.8 Å². The number of hydrogen-bond acceptors (Lipinski definition) is 4. The average Bonchev–Trinajstić information content (AvgIpc) is 2.67. The molecule has 0 bridgehead atoms. The van der Waals surface area contributed by atoms with Gasteiger partial charge in [0.25, 0.3) is 5.91 Å². The number of amides is 1. The lowest BCUT2D eigenvalue weighted by atomic mass is 9.90. The first kappa shape index (κ1) is 19.8. The number of piperidine rings is 2. The summed E-state index contributed by atoms with van der Waals surface area (Å²) >= 11 is 0. The van der Waals surface area contributed by atoms with E-state index in [1.165, 1.54) is 21.3 Å². The third kappa shape index (κ3) is 4.16. The Bertz CT molecular complexity index is 817. The molecule has 2 heterocycles. The molecule has 8 heteroatoms. The van der Waals surface area contributed by atoms with Gasteiger partial charge in [-0.1, -0.05) is 25.5 Å². The van der Waals surface area contributed by atoms with E-state index in [4.69, 9.17) is 0 Å². The zero-order chi connectivity index (χ0) is 19.6. The van der Waals surface area contributed by atoms with Gasteiger partial charge in [-0.3, -0.25) is 9.59 Å². The molecule has 1 amide bonds. The third-order valence-electron chi connectivity index (χ3n) is 5.35. The van der Waals surface area contributed by atoms with Crippen molar-refractivity contribution in [3.8, 4) is 0 Å². The average molecular weight is 394 g/mol. The van der Waals surface area contributed by atoms with Crippen molar-refractivity contribution in [2.75, 3.05) is 26.2 Å². The van der Waals surface area contributed by atoms with Crippen molar-refractivity contribution in [3.05, 3.63) is 29.8 Å². The molecule has 0 spiro atoms. The lowest BCUT2D eigenvalue weighted by Gasteiger charge is -2.35. The molecule has 1 aromatic carbocycles. The van der Waals surface area contributed by atoms with Gasteiger partial charge in [-0.25, -0.2) is 8.42 Å². The second-order valence-corrected chi connectivity index (χ2v) is 9.45. The predicted octanol–water partition coefficient (Wildman–Crippen LogP) is 2.04. The first-order chi connectivity index (χ1) is 12.8. The van der Waals surface area contributed by atoms with E-state index < -0.39 is 27.8 Å². The fourth-order valence-corrected chi connectivity index (χ4v) is 5.68. The molecule has 7 nitrogen and oxygen atoms in total. The monoisotopic (exact) mass is 394 g/mol. The smallest absolute Gasteiger partial charge is 0.308 e. The Morgan fingerprint density at radius 2 is 1.74 bits per heavy atom. The number of likely N-dealkylation sites (tertiary alicyclic amines) is 1. The maximum absolute atomic E-state index is 13.1. The number of sulfonamides is 1. The first-order valence-electron chi connectivity index (χ1n) is 9.42. The van der Waals surface area contributed by atoms with Crippen molar-refractivity contribution in [2.45, 2.75) is 37.5 Å². The zero-order valence-electron chi connectivity index (χ0n) is 15.5. The van der Waals surface area contributed by atoms with Crippen molar-refractivity contribution < 1.29 is 23.1 Å². The van der Waals surface area contributed by atoms with Gasteiger partial charge >= 0.3 is 5.97 Å². The molecule has 2 aliphatic rings. The van der Waals surface area contributed by atoms with Crippen LogP contribution in [0.15, 0.2) is 29.2 Å². The van der Waals surface area contributed by atoms with E-state index in [1.807, 2.05) is 6.92 Å². The molecule has 2 aliphatic heterocycles. The second-order valence-electron chi connectivity index (χ2n) is 7.55. The fraction of sp³-hybridized carbons (Fsp3) is 0.579. The van der Waals surface area contributed by atoms with E-state index >= 15 is 0 Å². The topological polar surface area (TPSA) is 95.0 Å². The summed E-state index contributed by atoms with van der Waals surface area (Å²) < 4.78 is 27.6. The van der Waals surface area contributed by atoms with Crippen LogP contribution >= 0.6 is 0 Å². The Morgan fingerprint density at radius 3 is 2.41 bits per heavy atom. The molecule has 2 atom stereocenters. The Morgan fingerprint density at radius 1 is 1.07 bits per heavy atom. The van der Waals surface area contributed by atoms with Gasteiger partial charge in [0.05, 0.1) is 16.4 Å². The van der Waals surface area contributed by atoms with E-state index in [9.17, 15) is 23.1 Å². The van der Waals surface area contributed by atoms with Gasteiger partial charge in [-0.2, -0.15) is 4.31 Å². The molecule has 1 aromatic rings.